The van der Waals surface area contributed by atoms with Gasteiger partial charge in [0, 0.05) is 11.6 Å². The van der Waals surface area contributed by atoms with E-state index in [-0.39, 0.29) is 11.5 Å². The second-order valence-electron chi connectivity index (χ2n) is 7.57. The first-order chi connectivity index (χ1) is 13.7. The molecule has 2 aliphatic heterocycles. The Morgan fingerprint density at radius 2 is 1.54 bits per heavy atom. The average molecular weight is 385 g/mol. The minimum atomic E-state index is -0.177. The van der Waals surface area contributed by atoms with Crippen LogP contribution in [0.3, 0.4) is 0 Å². The molecule has 0 N–H and O–H groups in total. The normalized spacial score (nSPS) is 23.4. The lowest BCUT2D eigenvalue weighted by Crippen LogP contribution is -2.65. The van der Waals surface area contributed by atoms with Gasteiger partial charge < -0.3 is 4.90 Å². The van der Waals surface area contributed by atoms with Gasteiger partial charge in [-0.1, -0.05) is 84.4 Å². The largest absolute Gasteiger partial charge is 0.347 e. The highest BCUT2D eigenvalue weighted by molar-refractivity contribution is 6.30. The van der Waals surface area contributed by atoms with Gasteiger partial charge >= 0.3 is 0 Å². The molecule has 2 nitrogen and oxygen atoms in total. The van der Waals surface area contributed by atoms with Crippen molar-refractivity contribution in [1.29, 1.82) is 0 Å². The molecule has 3 aromatic carbocycles. The molecule has 0 spiro atoms. The molecule has 5 rings (SSSR count). The van der Waals surface area contributed by atoms with Gasteiger partial charge in [-0.15, -0.1) is 0 Å². The first kappa shape index (κ1) is 17.3. The van der Waals surface area contributed by atoms with Crippen molar-refractivity contribution in [2.75, 3.05) is 6.54 Å². The lowest BCUT2D eigenvalue weighted by atomic mass is 9.64. The summed E-state index contributed by atoms with van der Waals surface area (Å²) in [5.41, 5.74) is 4.61. The topological polar surface area (TPSA) is 15.6 Å². The Morgan fingerprint density at radius 3 is 2.21 bits per heavy atom. The number of hydrogen-bond acceptors (Lipinski definition) is 2. The third kappa shape index (κ3) is 2.60. The summed E-state index contributed by atoms with van der Waals surface area (Å²) in [6.45, 7) is 3.17. The molecule has 0 saturated carbocycles. The summed E-state index contributed by atoms with van der Waals surface area (Å²) < 4.78 is 0. The van der Waals surface area contributed by atoms with E-state index in [4.69, 9.17) is 16.6 Å². The maximum atomic E-state index is 6.14. The molecule has 0 aromatic heterocycles. The summed E-state index contributed by atoms with van der Waals surface area (Å²) in [5.74, 6) is 1.14. The highest BCUT2D eigenvalue weighted by atomic mass is 35.5. The molecule has 2 heterocycles. The average Bonchev–Trinajstić information content (AvgIpc) is 2.76. The van der Waals surface area contributed by atoms with Crippen molar-refractivity contribution in [2.45, 2.75) is 18.4 Å². The van der Waals surface area contributed by atoms with Crippen molar-refractivity contribution in [3.05, 3.63) is 113 Å². The zero-order valence-corrected chi connectivity index (χ0v) is 16.5. The van der Waals surface area contributed by atoms with Crippen LogP contribution < -0.4 is 0 Å². The fourth-order valence-corrected chi connectivity index (χ4v) is 4.65. The van der Waals surface area contributed by atoms with Gasteiger partial charge in [-0.3, -0.25) is 0 Å². The maximum absolute atomic E-state index is 6.14. The van der Waals surface area contributed by atoms with E-state index in [1.54, 1.807) is 0 Å². The molecule has 3 heteroatoms. The lowest BCUT2D eigenvalue weighted by Gasteiger charge is -2.59. The first-order valence-corrected chi connectivity index (χ1v) is 9.98. The Labute approximate surface area is 170 Å². The highest BCUT2D eigenvalue weighted by Crippen LogP contribution is 2.53. The quantitative estimate of drug-likeness (QED) is 0.532. The number of aliphatic imine (C=N–C) groups is 1. The van der Waals surface area contributed by atoms with E-state index in [9.17, 15) is 0 Å². The molecular formula is C25H21ClN2. The minimum Gasteiger partial charge on any atom is -0.347 e. The van der Waals surface area contributed by atoms with Crippen molar-refractivity contribution in [1.82, 2.24) is 4.90 Å². The predicted octanol–water partition coefficient (Wildman–Crippen LogP) is 6.11. The van der Waals surface area contributed by atoms with Crippen LogP contribution in [0.25, 0.3) is 5.70 Å². The predicted molar refractivity (Wildman–Crippen MR) is 117 cm³/mol. The summed E-state index contributed by atoms with van der Waals surface area (Å²) in [4.78, 5) is 7.53. The van der Waals surface area contributed by atoms with Crippen molar-refractivity contribution in [2.24, 2.45) is 4.99 Å². The number of halogens is 1. The molecule has 0 bridgehead atoms. The molecule has 0 amide bonds. The van der Waals surface area contributed by atoms with Crippen LogP contribution in [0.5, 0.6) is 0 Å². The minimum absolute atomic E-state index is 0.177. The van der Waals surface area contributed by atoms with E-state index in [0.29, 0.717) is 0 Å². The molecule has 2 aliphatic rings. The van der Waals surface area contributed by atoms with E-state index in [2.05, 4.69) is 84.6 Å². The molecule has 0 unspecified atom stereocenters. The maximum Gasteiger partial charge on any atom is 0.119 e. The summed E-state index contributed by atoms with van der Waals surface area (Å²) in [6.07, 6.45) is 2.23. The van der Waals surface area contributed by atoms with Crippen molar-refractivity contribution < 1.29 is 0 Å². The van der Waals surface area contributed by atoms with Gasteiger partial charge in [-0.2, -0.15) is 0 Å². The van der Waals surface area contributed by atoms with Gasteiger partial charge in [-0.25, -0.2) is 4.99 Å². The zero-order chi connectivity index (χ0) is 19.1. The third-order valence-electron chi connectivity index (χ3n) is 5.93. The SMILES string of the molecule is C[C@]1(c2ccccc2)C2=NC(c3ccccc3)=CCN2[C@H]1c1ccc(Cl)cc1. The number of benzene rings is 3. The molecule has 2 atom stereocenters. The van der Waals surface area contributed by atoms with Crippen LogP contribution in [-0.4, -0.2) is 17.3 Å². The lowest BCUT2D eigenvalue weighted by molar-refractivity contribution is 0.167. The number of nitrogens with zero attached hydrogens (tertiary/aromatic N) is 2. The zero-order valence-electron chi connectivity index (χ0n) is 15.7. The van der Waals surface area contributed by atoms with Gasteiger partial charge in [-0.05, 0) is 41.8 Å². The molecule has 0 radical (unpaired) electrons. The molecule has 1 fully saturated rings. The van der Waals surface area contributed by atoms with Crippen LogP contribution in [0.2, 0.25) is 5.02 Å². The van der Waals surface area contributed by atoms with E-state index in [0.717, 1.165) is 23.1 Å². The number of hydrogen-bond donors (Lipinski definition) is 0. The Bertz CT molecular complexity index is 1050. The standard InChI is InChI=1S/C25H21ClN2/c1-25(20-10-6-3-7-11-20)23(19-12-14-21(26)15-13-19)28-17-16-22(27-24(25)28)18-8-4-2-5-9-18/h2-16,23H,17H2,1H3/t23-,25+/m0/s1. The monoisotopic (exact) mass is 384 g/mol. The van der Waals surface area contributed by atoms with Crippen molar-refractivity contribution in [3.8, 4) is 0 Å². The Balaban J connectivity index is 1.61. The van der Waals surface area contributed by atoms with Crippen LogP contribution in [0.4, 0.5) is 0 Å². The van der Waals surface area contributed by atoms with E-state index in [1.807, 2.05) is 18.2 Å². The van der Waals surface area contributed by atoms with Gasteiger partial charge in [0.2, 0.25) is 0 Å². The van der Waals surface area contributed by atoms with Crippen LogP contribution in [0.1, 0.15) is 29.7 Å². The van der Waals surface area contributed by atoms with Gasteiger partial charge in [0.25, 0.3) is 0 Å². The Kier molecular flexibility index (Phi) is 4.10. The molecule has 0 aliphatic carbocycles. The molecule has 138 valence electrons. The summed E-state index contributed by atoms with van der Waals surface area (Å²) in [6, 6.07) is 29.6. The van der Waals surface area contributed by atoms with E-state index in [1.165, 1.54) is 16.7 Å². The second kappa shape index (κ2) is 6.65. The molecular weight excluding hydrogens is 364 g/mol. The molecule has 1 saturated heterocycles. The number of amidine groups is 1. The fourth-order valence-electron chi connectivity index (χ4n) is 4.53. The van der Waals surface area contributed by atoms with Gasteiger partial charge in [0.05, 0.1) is 17.2 Å². The highest BCUT2D eigenvalue weighted by Gasteiger charge is 2.57. The smallest absolute Gasteiger partial charge is 0.119 e. The summed E-state index contributed by atoms with van der Waals surface area (Å²) in [5, 5.41) is 0.767. The van der Waals surface area contributed by atoms with Crippen LogP contribution in [0, 0.1) is 0 Å². The van der Waals surface area contributed by atoms with Crippen LogP contribution in [0.15, 0.2) is 96.0 Å². The summed E-state index contributed by atoms with van der Waals surface area (Å²) >= 11 is 6.14. The van der Waals surface area contributed by atoms with Gasteiger partial charge in [0.15, 0.2) is 0 Å². The van der Waals surface area contributed by atoms with Crippen LogP contribution in [-0.2, 0) is 5.41 Å². The Morgan fingerprint density at radius 1 is 0.893 bits per heavy atom. The van der Waals surface area contributed by atoms with Gasteiger partial charge in [0.1, 0.15) is 5.84 Å². The van der Waals surface area contributed by atoms with E-state index < -0.39 is 0 Å². The van der Waals surface area contributed by atoms with E-state index >= 15 is 0 Å². The molecule has 28 heavy (non-hydrogen) atoms. The summed E-state index contributed by atoms with van der Waals surface area (Å²) in [7, 11) is 0. The van der Waals surface area contributed by atoms with Crippen LogP contribution >= 0.6 is 11.6 Å². The Hall–Kier alpha value is -2.84. The molecule has 3 aromatic rings. The fraction of sp³-hybridized carbons (Fsp3) is 0.160. The number of rotatable bonds is 3. The first-order valence-electron chi connectivity index (χ1n) is 9.60. The third-order valence-corrected chi connectivity index (χ3v) is 6.18. The van der Waals surface area contributed by atoms with Crippen molar-refractivity contribution in [3.63, 3.8) is 0 Å². The number of fused-ring (bicyclic) bond motifs is 1. The van der Waals surface area contributed by atoms with Crippen molar-refractivity contribution >= 4 is 23.1 Å². The second-order valence-corrected chi connectivity index (χ2v) is 8.00.